The largest absolute Gasteiger partial charge is 0.371 e. The van der Waals surface area contributed by atoms with Crippen molar-refractivity contribution in [2.75, 3.05) is 58.6 Å². The fraction of sp³-hybridized carbons (Fsp3) is 0.367. The molecule has 2 amide bonds. The maximum absolute atomic E-state index is 12.7. The minimum atomic E-state index is -0.103. The number of carbonyl (C=O) groups excluding carboxylic acids is 2. The van der Waals surface area contributed by atoms with Crippen molar-refractivity contribution < 1.29 is 9.59 Å². The van der Waals surface area contributed by atoms with Crippen LogP contribution in [-0.4, -0.2) is 48.7 Å². The summed E-state index contributed by atoms with van der Waals surface area (Å²) in [5.74, 6) is 1.35. The van der Waals surface area contributed by atoms with Gasteiger partial charge in [0.25, 0.3) is 10.5 Å². The molecule has 2 N–H and O–H groups in total. The van der Waals surface area contributed by atoms with Gasteiger partial charge in [-0.3, -0.25) is 9.59 Å². The number of amides is 2. The highest BCUT2D eigenvalue weighted by Gasteiger charge is 2.45. The second-order valence-corrected chi connectivity index (χ2v) is 20.8. The number of thioether (sulfide) groups is 2. The Bertz CT molecular complexity index is 2490. The Balaban J connectivity index is 0.000000178. The van der Waals surface area contributed by atoms with E-state index in [-0.39, 0.29) is 26.7 Å². The summed E-state index contributed by atoms with van der Waals surface area (Å²) in [6.07, 6.45) is 7.20. The van der Waals surface area contributed by atoms with Gasteiger partial charge in [0.05, 0.1) is 0 Å². The predicted octanol–water partition coefficient (Wildman–Crippen LogP) is 15.9. The molecule has 0 saturated heterocycles. The Kier molecular flexibility index (Phi) is 16.9. The van der Waals surface area contributed by atoms with E-state index in [1.807, 2.05) is 56.5 Å². The molecule has 3 unspecified atom stereocenters. The van der Waals surface area contributed by atoms with Gasteiger partial charge in [-0.2, -0.15) is 0 Å². The van der Waals surface area contributed by atoms with E-state index in [1.54, 1.807) is 0 Å². The fourth-order valence-electron chi connectivity index (χ4n) is 10.6. The molecule has 6 nitrogen and oxygen atoms in total. The Morgan fingerprint density at radius 2 is 0.926 bits per heavy atom. The lowest BCUT2D eigenvalue weighted by molar-refractivity contribution is 0.269. The zero-order valence-corrected chi connectivity index (χ0v) is 43.2. The summed E-state index contributed by atoms with van der Waals surface area (Å²) in [4.78, 5) is 29.8. The van der Waals surface area contributed by atoms with Gasteiger partial charge in [-0.05, 0) is 107 Å². The van der Waals surface area contributed by atoms with E-state index >= 15 is 0 Å². The van der Waals surface area contributed by atoms with E-state index in [2.05, 4.69) is 170 Å². The Morgan fingerprint density at radius 3 is 1.34 bits per heavy atom. The van der Waals surface area contributed by atoms with Crippen LogP contribution < -0.4 is 20.4 Å². The summed E-state index contributed by atoms with van der Waals surface area (Å²) in [5.41, 5.74) is 13.8. The number of hydrogen-bond acceptors (Lipinski definition) is 6. The van der Waals surface area contributed by atoms with Crippen molar-refractivity contribution in [3.63, 3.8) is 0 Å². The van der Waals surface area contributed by atoms with Gasteiger partial charge in [-0.15, -0.1) is 0 Å². The summed E-state index contributed by atoms with van der Waals surface area (Å²) in [6.45, 7) is 19.8. The van der Waals surface area contributed by atoms with Gasteiger partial charge in [-0.25, -0.2) is 0 Å². The first-order chi connectivity index (χ1) is 33.0. The van der Waals surface area contributed by atoms with Crippen LogP contribution in [0.3, 0.4) is 0 Å². The van der Waals surface area contributed by atoms with Crippen molar-refractivity contribution in [1.29, 1.82) is 0 Å². The molecule has 68 heavy (non-hydrogen) atoms. The van der Waals surface area contributed by atoms with Crippen molar-refractivity contribution >= 4 is 56.8 Å². The molecule has 0 fully saturated rings. The lowest BCUT2D eigenvalue weighted by Gasteiger charge is -2.50. The average molecular weight is 945 g/mol. The highest BCUT2D eigenvalue weighted by Crippen LogP contribution is 2.55. The Labute approximate surface area is 416 Å². The minimum Gasteiger partial charge on any atom is -0.371 e. The first-order valence-corrected chi connectivity index (χ1v) is 27.0. The van der Waals surface area contributed by atoms with Crippen LogP contribution in [0.5, 0.6) is 0 Å². The molecule has 4 heterocycles. The smallest absolute Gasteiger partial charge is 0.283 e. The fourth-order valence-corrected chi connectivity index (χ4v) is 11.4. The third-order valence-corrected chi connectivity index (χ3v) is 16.1. The van der Waals surface area contributed by atoms with Gasteiger partial charge in [0, 0.05) is 70.9 Å². The van der Waals surface area contributed by atoms with Crippen LogP contribution in [0.4, 0.5) is 32.3 Å². The first kappa shape index (κ1) is 50.4. The highest BCUT2D eigenvalue weighted by atomic mass is 32.2. The predicted molar refractivity (Wildman–Crippen MR) is 295 cm³/mol. The third-order valence-electron chi connectivity index (χ3n) is 14.7. The van der Waals surface area contributed by atoms with E-state index in [0.717, 1.165) is 69.0 Å². The number of nitrogens with zero attached hydrogens (tertiary/aromatic N) is 2. The topological polar surface area (TPSA) is 64.7 Å². The Morgan fingerprint density at radius 1 is 0.559 bits per heavy atom. The van der Waals surface area contributed by atoms with Crippen LogP contribution in [0, 0.1) is 0 Å². The van der Waals surface area contributed by atoms with Gasteiger partial charge in [0.1, 0.15) is 0 Å². The average Bonchev–Trinajstić information content (AvgIpc) is 3.39. The molecule has 0 saturated carbocycles. The molecule has 6 aromatic carbocycles. The first-order valence-electron chi connectivity index (χ1n) is 24.8. The normalized spacial score (nSPS) is 21.7. The number of benzene rings is 6. The third kappa shape index (κ3) is 10.7. The molecular weight excluding hydrogens is 873 g/mol. The van der Waals surface area contributed by atoms with Crippen molar-refractivity contribution in [3.8, 4) is 0 Å². The van der Waals surface area contributed by atoms with Crippen LogP contribution in [-0.2, 0) is 16.2 Å². The van der Waals surface area contributed by atoms with E-state index in [9.17, 15) is 9.59 Å². The summed E-state index contributed by atoms with van der Waals surface area (Å²) in [7, 11) is 0. The molecule has 4 aliphatic rings. The number of rotatable bonds is 7. The summed E-state index contributed by atoms with van der Waals surface area (Å²) < 4.78 is 0. The molecule has 0 bridgehead atoms. The van der Waals surface area contributed by atoms with Crippen molar-refractivity contribution in [3.05, 3.63) is 191 Å². The monoisotopic (exact) mass is 945 g/mol. The van der Waals surface area contributed by atoms with E-state index < -0.39 is 0 Å². The molecule has 6 aromatic rings. The number of carbonyl (C=O) groups is 2. The van der Waals surface area contributed by atoms with Gasteiger partial charge in [0.15, 0.2) is 0 Å². The SMILES string of the molecule is CC.CCCSC(=O)Nc1cc2c3c(c1)[C@](C)(c1ccccc1)CCN3CCC2(C)c1ccccc1.CSC(=O)Nc1cc2c3c(c1)C(C)(c1ccccc1)CCN3CCC2C.c1ccccc1. The minimum absolute atomic E-state index is 0.00491. The lowest BCUT2D eigenvalue weighted by Crippen LogP contribution is -2.47. The number of anilines is 4. The van der Waals surface area contributed by atoms with Crippen molar-refractivity contribution in [1.82, 2.24) is 0 Å². The number of nitrogens with one attached hydrogen (secondary N) is 2. The summed E-state index contributed by atoms with van der Waals surface area (Å²) in [5, 5.41) is 6.32. The number of hydrogen-bond donors (Lipinski definition) is 2. The van der Waals surface area contributed by atoms with Crippen molar-refractivity contribution in [2.24, 2.45) is 0 Å². The molecule has 0 spiro atoms. The van der Waals surface area contributed by atoms with Crippen LogP contribution in [0.25, 0.3) is 0 Å². The maximum atomic E-state index is 12.7. The van der Waals surface area contributed by atoms with Gasteiger partial charge < -0.3 is 20.4 Å². The second-order valence-electron chi connectivity index (χ2n) is 18.9. The molecule has 356 valence electrons. The van der Waals surface area contributed by atoms with E-state index in [4.69, 9.17) is 0 Å². The molecule has 0 aromatic heterocycles. The molecule has 4 aliphatic heterocycles. The summed E-state index contributed by atoms with van der Waals surface area (Å²) in [6, 6.07) is 53.5. The van der Waals surface area contributed by atoms with E-state index in [0.29, 0.717) is 5.92 Å². The van der Waals surface area contributed by atoms with Crippen LogP contribution in [0.1, 0.15) is 125 Å². The van der Waals surface area contributed by atoms with Gasteiger partial charge >= 0.3 is 0 Å². The van der Waals surface area contributed by atoms with Crippen molar-refractivity contribution in [2.45, 2.75) is 103 Å². The second kappa shape index (κ2) is 22.8. The van der Waals surface area contributed by atoms with E-state index in [1.165, 1.54) is 80.3 Å². The molecule has 0 aliphatic carbocycles. The molecule has 4 atom stereocenters. The lowest BCUT2D eigenvalue weighted by atomic mass is 9.64. The maximum Gasteiger partial charge on any atom is 0.283 e. The Hall–Kier alpha value is -5.44. The van der Waals surface area contributed by atoms with Crippen LogP contribution in [0.15, 0.2) is 152 Å². The molecule has 10 rings (SSSR count). The van der Waals surface area contributed by atoms with Crippen LogP contribution >= 0.6 is 23.5 Å². The standard InChI is InChI=1S/C30H34N2OS.C22H26N2OS.C6H6.C2H6/c1-4-19-34-28(33)31-24-20-25-27-26(21-24)30(3,23-13-9-6-10-14-23)16-18-32(27)17-15-29(25,2)22-11-7-5-8-12-22;1-15-9-11-24-12-10-22(2,16-7-5-4-6-8-16)19-14-17(23-21(25)26-3)13-18(15)20(19)24;1-2-4-6-5-3-1;1-2/h5-14,20-21H,4,15-19H2,1-3H3,(H,31,33);4-8,13-15H,9-12H2,1-3H3,(H,23,25);1-6H;1-2H3/t29-,30?;;;/m0.../s1. The quantitative estimate of drug-likeness (QED) is 0.166. The zero-order valence-electron chi connectivity index (χ0n) is 41.6. The molecular formula is C60H72N4O2S2. The summed E-state index contributed by atoms with van der Waals surface area (Å²) >= 11 is 2.59. The van der Waals surface area contributed by atoms with Gasteiger partial charge in [0.2, 0.25) is 0 Å². The van der Waals surface area contributed by atoms with Crippen LogP contribution in [0.2, 0.25) is 0 Å². The highest BCUT2D eigenvalue weighted by molar-refractivity contribution is 8.14. The zero-order chi connectivity index (χ0) is 48.3. The molecule has 8 heteroatoms. The molecule has 0 radical (unpaired) electrons. The van der Waals surface area contributed by atoms with Gasteiger partial charge in [-0.1, -0.05) is 199 Å².